The number of rotatable bonds is 6. The van der Waals surface area contributed by atoms with Crippen molar-refractivity contribution in [3.63, 3.8) is 0 Å². The van der Waals surface area contributed by atoms with Crippen LogP contribution in [0.25, 0.3) is 5.76 Å². The molecule has 9 nitrogen and oxygen atoms in total. The van der Waals surface area contributed by atoms with E-state index in [0.29, 0.717) is 35.3 Å². The second kappa shape index (κ2) is 9.70. The SMILES string of the molecule is CC(=O)C1=C(O)[C@@]2(O)C(=O)C3=C(O)c4c(O)c(CCC5CC(C)(C)C5)cc(N(C)C)c4C[C@H]3C[C@H]2[C@H](N(C)C)C1=O. The summed E-state index contributed by atoms with van der Waals surface area (Å²) >= 11 is 0. The highest BCUT2D eigenvalue weighted by Gasteiger charge is 2.64. The minimum atomic E-state index is -2.56. The molecule has 1 aromatic carbocycles. The van der Waals surface area contributed by atoms with Crippen LogP contribution in [0.4, 0.5) is 5.69 Å². The van der Waals surface area contributed by atoms with Gasteiger partial charge in [-0.05, 0) is 94.0 Å². The average Bonchev–Trinajstić information content (AvgIpc) is 2.83. The van der Waals surface area contributed by atoms with Crippen LogP contribution in [0.5, 0.6) is 5.75 Å². The van der Waals surface area contributed by atoms with Crippen LogP contribution in [0.1, 0.15) is 63.1 Å². The zero-order valence-corrected chi connectivity index (χ0v) is 25.0. The molecular weight excluding hydrogens is 524 g/mol. The lowest BCUT2D eigenvalue weighted by molar-refractivity contribution is -0.153. The van der Waals surface area contributed by atoms with E-state index in [1.165, 1.54) is 0 Å². The number of hydrogen-bond acceptors (Lipinski definition) is 9. The summed E-state index contributed by atoms with van der Waals surface area (Å²) in [4.78, 5) is 43.3. The summed E-state index contributed by atoms with van der Waals surface area (Å²) in [6.45, 7) is 5.61. The predicted octanol–water partition coefficient (Wildman–Crippen LogP) is 3.50. The number of aliphatic hydroxyl groups excluding tert-OH is 2. The highest BCUT2D eigenvalue weighted by Crippen LogP contribution is 2.54. The Bertz CT molecular complexity index is 1410. The van der Waals surface area contributed by atoms with Gasteiger partial charge in [0.1, 0.15) is 22.8 Å². The number of nitrogens with zero attached hydrogens (tertiary/aromatic N) is 2. The van der Waals surface area contributed by atoms with Gasteiger partial charge < -0.3 is 25.3 Å². The van der Waals surface area contributed by atoms with Crippen LogP contribution in [-0.4, -0.2) is 82.5 Å². The molecule has 41 heavy (non-hydrogen) atoms. The fraction of sp³-hybridized carbons (Fsp3) is 0.594. The summed E-state index contributed by atoms with van der Waals surface area (Å²) in [7, 11) is 7.03. The third-order valence-corrected chi connectivity index (χ3v) is 9.87. The minimum Gasteiger partial charge on any atom is -0.508 e. The van der Waals surface area contributed by atoms with Crippen molar-refractivity contribution < 1.29 is 34.8 Å². The molecule has 0 spiro atoms. The second-order valence-corrected chi connectivity index (χ2v) is 13.8. The van der Waals surface area contributed by atoms with Crippen molar-refractivity contribution >= 4 is 28.8 Å². The summed E-state index contributed by atoms with van der Waals surface area (Å²) in [5.41, 5.74) is -0.528. The van der Waals surface area contributed by atoms with E-state index in [9.17, 15) is 34.8 Å². The third kappa shape index (κ3) is 4.31. The molecule has 4 aliphatic carbocycles. The normalized spacial score (nSPS) is 29.2. The molecular formula is C32H42N2O7. The van der Waals surface area contributed by atoms with Gasteiger partial charge in [-0.2, -0.15) is 0 Å². The van der Waals surface area contributed by atoms with Gasteiger partial charge in [0, 0.05) is 31.3 Å². The molecule has 4 atom stereocenters. The maximum atomic E-state index is 14.1. The number of aromatic hydroxyl groups is 1. The molecule has 4 N–H and O–H groups in total. The number of anilines is 1. The van der Waals surface area contributed by atoms with E-state index >= 15 is 0 Å². The molecule has 0 aromatic heterocycles. The fourth-order valence-corrected chi connectivity index (χ4v) is 8.10. The van der Waals surface area contributed by atoms with Crippen LogP contribution in [0, 0.1) is 23.2 Å². The Morgan fingerprint density at radius 3 is 2.24 bits per heavy atom. The second-order valence-electron chi connectivity index (χ2n) is 13.8. The molecule has 1 aromatic rings. The number of ketones is 3. The van der Waals surface area contributed by atoms with Crippen molar-refractivity contribution in [2.24, 2.45) is 23.2 Å². The van der Waals surface area contributed by atoms with Gasteiger partial charge in [0.2, 0.25) is 5.78 Å². The largest absolute Gasteiger partial charge is 0.508 e. The number of benzene rings is 1. The van der Waals surface area contributed by atoms with E-state index in [1.54, 1.807) is 19.0 Å². The molecule has 0 amide bonds. The lowest BCUT2D eigenvalue weighted by Crippen LogP contribution is -2.65. The number of hydrogen-bond donors (Lipinski definition) is 4. The van der Waals surface area contributed by atoms with E-state index in [4.69, 9.17) is 0 Å². The predicted molar refractivity (Wildman–Crippen MR) is 155 cm³/mol. The number of phenolic OH excluding ortho intramolecular Hbond substituents is 1. The first-order valence-corrected chi connectivity index (χ1v) is 14.4. The van der Waals surface area contributed by atoms with Crippen LogP contribution in [0.2, 0.25) is 0 Å². The molecule has 0 saturated heterocycles. The van der Waals surface area contributed by atoms with E-state index in [0.717, 1.165) is 31.9 Å². The third-order valence-electron chi connectivity index (χ3n) is 9.87. The molecule has 0 unspecified atom stereocenters. The summed E-state index contributed by atoms with van der Waals surface area (Å²) in [6.07, 6.45) is 4.17. The molecule has 0 radical (unpaired) electrons. The number of carbonyl (C=O) groups excluding carboxylic acids is 3. The van der Waals surface area contributed by atoms with Gasteiger partial charge in [0.25, 0.3) is 0 Å². The van der Waals surface area contributed by atoms with Crippen molar-refractivity contribution in [2.45, 2.75) is 70.9 Å². The average molecular weight is 567 g/mol. The van der Waals surface area contributed by atoms with Crippen molar-refractivity contribution in [3.05, 3.63) is 39.7 Å². The summed E-state index contributed by atoms with van der Waals surface area (Å²) < 4.78 is 0. The molecule has 0 aliphatic heterocycles. The number of aryl methyl sites for hydroxylation is 1. The van der Waals surface area contributed by atoms with Crippen LogP contribution < -0.4 is 4.90 Å². The van der Waals surface area contributed by atoms with Crippen molar-refractivity contribution in [2.75, 3.05) is 33.1 Å². The molecule has 0 bridgehead atoms. The smallest absolute Gasteiger partial charge is 0.202 e. The minimum absolute atomic E-state index is 0.0799. The Hall–Kier alpha value is -3.17. The van der Waals surface area contributed by atoms with Crippen LogP contribution in [0.15, 0.2) is 23.0 Å². The topological polar surface area (TPSA) is 139 Å². The lowest BCUT2D eigenvalue weighted by Gasteiger charge is -2.50. The van der Waals surface area contributed by atoms with Crippen LogP contribution in [0.3, 0.4) is 0 Å². The number of phenols is 1. The summed E-state index contributed by atoms with van der Waals surface area (Å²) in [5, 5.41) is 46.1. The van der Waals surface area contributed by atoms with E-state index in [2.05, 4.69) is 13.8 Å². The van der Waals surface area contributed by atoms with Gasteiger partial charge in [-0.25, -0.2) is 0 Å². The first kappa shape index (κ1) is 29.3. The molecule has 4 aliphatic rings. The van der Waals surface area contributed by atoms with Crippen LogP contribution >= 0.6 is 0 Å². The highest BCUT2D eigenvalue weighted by atomic mass is 16.3. The Morgan fingerprint density at radius 1 is 1.07 bits per heavy atom. The molecule has 5 rings (SSSR count). The van der Waals surface area contributed by atoms with Gasteiger partial charge in [0.05, 0.1) is 11.6 Å². The number of aliphatic hydroxyl groups is 3. The van der Waals surface area contributed by atoms with Crippen molar-refractivity contribution in [1.82, 2.24) is 4.90 Å². The van der Waals surface area contributed by atoms with Gasteiger partial charge >= 0.3 is 0 Å². The first-order chi connectivity index (χ1) is 19.0. The molecule has 2 saturated carbocycles. The number of carbonyl (C=O) groups is 3. The van der Waals surface area contributed by atoms with Gasteiger partial charge in [-0.15, -0.1) is 0 Å². The summed E-state index contributed by atoms with van der Waals surface area (Å²) in [6, 6.07) is 0.932. The summed E-state index contributed by atoms with van der Waals surface area (Å²) in [5.74, 6) is -4.82. The maximum absolute atomic E-state index is 14.1. The lowest BCUT2D eigenvalue weighted by atomic mass is 9.57. The quantitative estimate of drug-likeness (QED) is 0.381. The van der Waals surface area contributed by atoms with E-state index in [1.807, 2.05) is 25.1 Å². The van der Waals surface area contributed by atoms with E-state index in [-0.39, 0.29) is 23.3 Å². The molecule has 2 fully saturated rings. The number of fused-ring (bicyclic) bond motifs is 3. The number of Topliss-reactive ketones (excluding diaryl/α,β-unsaturated/α-hetero) is 3. The molecule has 9 heteroatoms. The van der Waals surface area contributed by atoms with Gasteiger partial charge in [-0.3, -0.25) is 19.3 Å². The van der Waals surface area contributed by atoms with Crippen LogP contribution in [-0.2, 0) is 27.2 Å². The Kier molecular flexibility index (Phi) is 6.94. The molecule has 0 heterocycles. The van der Waals surface area contributed by atoms with Crippen molar-refractivity contribution in [3.8, 4) is 5.75 Å². The zero-order chi connectivity index (χ0) is 30.3. The van der Waals surface area contributed by atoms with Gasteiger partial charge in [0.15, 0.2) is 17.2 Å². The fourth-order valence-electron chi connectivity index (χ4n) is 8.10. The van der Waals surface area contributed by atoms with Gasteiger partial charge in [-0.1, -0.05) is 13.8 Å². The zero-order valence-electron chi connectivity index (χ0n) is 25.0. The Morgan fingerprint density at radius 2 is 1.71 bits per heavy atom. The standard InChI is InChI=1S/C32H42N2O7/c1-15(35)22-28(38)25(34(6)7)20-11-18-10-19-21(33(4)5)12-17(9-8-16-13-31(2,3)14-16)26(36)24(19)27(37)23(18)30(40)32(20,41)29(22)39/h12,16,18,20,25,36-37,39,41H,8-11,13-14H2,1-7H3/t18-,20-,25-,32+/m0/s1. The monoisotopic (exact) mass is 566 g/mol. The van der Waals surface area contributed by atoms with Crippen molar-refractivity contribution in [1.29, 1.82) is 0 Å². The Balaban J connectivity index is 1.64. The number of likely N-dealkylation sites (N-methyl/N-ethyl adjacent to an activating group) is 1. The highest BCUT2D eigenvalue weighted by molar-refractivity contribution is 6.25. The van der Waals surface area contributed by atoms with E-state index < -0.39 is 57.9 Å². The first-order valence-electron chi connectivity index (χ1n) is 14.4. The maximum Gasteiger partial charge on any atom is 0.202 e. The Labute approximate surface area is 241 Å². The molecule has 222 valence electrons.